The maximum Gasteiger partial charge on any atom is 0.118 e. The van der Waals surface area contributed by atoms with Crippen molar-refractivity contribution in [2.45, 2.75) is 51.4 Å². The summed E-state index contributed by atoms with van der Waals surface area (Å²) in [5, 5.41) is 3.53. The zero-order chi connectivity index (χ0) is 12.0. The maximum absolute atomic E-state index is 5.71. The molecule has 1 heterocycles. The van der Waals surface area contributed by atoms with E-state index in [1.165, 1.54) is 12.8 Å². The highest BCUT2D eigenvalue weighted by molar-refractivity contribution is 7.97. The van der Waals surface area contributed by atoms with Crippen LogP contribution in [0.5, 0.6) is 0 Å². The zero-order valence-corrected chi connectivity index (χ0v) is 11.6. The molecule has 1 N–H and O–H groups in total. The summed E-state index contributed by atoms with van der Waals surface area (Å²) in [6.07, 6.45) is 4.48. The van der Waals surface area contributed by atoms with E-state index in [4.69, 9.17) is 4.42 Å². The fraction of sp³-hybridized carbons (Fsp3) is 0.692. The lowest BCUT2D eigenvalue weighted by Gasteiger charge is -2.25. The second-order valence-electron chi connectivity index (χ2n) is 4.79. The monoisotopic (exact) mass is 241 g/mol. The standard InChI is InChI=1S/C13H23NOS/c1-5-8-13(2,3)14-9-11-6-7-12(15-11)10-16-4/h6-7,14H,5,8-10H2,1-4H3. The molecule has 0 spiro atoms. The summed E-state index contributed by atoms with van der Waals surface area (Å²) in [4.78, 5) is 0. The molecule has 1 aromatic rings. The molecule has 1 rings (SSSR count). The summed E-state index contributed by atoms with van der Waals surface area (Å²) >= 11 is 1.79. The SMILES string of the molecule is CCCC(C)(C)NCc1ccc(CSC)o1. The van der Waals surface area contributed by atoms with E-state index in [9.17, 15) is 0 Å². The molecule has 0 saturated carbocycles. The summed E-state index contributed by atoms with van der Waals surface area (Å²) < 4.78 is 5.71. The first-order valence-corrected chi connectivity index (χ1v) is 7.28. The molecule has 0 unspecified atom stereocenters. The van der Waals surface area contributed by atoms with E-state index in [1.54, 1.807) is 11.8 Å². The molecule has 2 nitrogen and oxygen atoms in total. The van der Waals surface area contributed by atoms with Gasteiger partial charge in [-0.1, -0.05) is 13.3 Å². The van der Waals surface area contributed by atoms with Gasteiger partial charge in [0.25, 0.3) is 0 Å². The van der Waals surface area contributed by atoms with E-state index < -0.39 is 0 Å². The van der Waals surface area contributed by atoms with Crippen LogP contribution in [0.15, 0.2) is 16.5 Å². The molecule has 0 radical (unpaired) electrons. The van der Waals surface area contributed by atoms with Gasteiger partial charge in [-0.3, -0.25) is 0 Å². The van der Waals surface area contributed by atoms with Crippen molar-refractivity contribution in [2.24, 2.45) is 0 Å². The van der Waals surface area contributed by atoms with Crippen LogP contribution >= 0.6 is 11.8 Å². The van der Waals surface area contributed by atoms with Crippen LogP contribution < -0.4 is 5.32 Å². The van der Waals surface area contributed by atoms with Gasteiger partial charge in [0.05, 0.1) is 12.3 Å². The van der Waals surface area contributed by atoms with Crippen molar-refractivity contribution in [3.63, 3.8) is 0 Å². The summed E-state index contributed by atoms with van der Waals surface area (Å²) in [7, 11) is 0. The number of thioether (sulfide) groups is 1. The van der Waals surface area contributed by atoms with Gasteiger partial charge in [0, 0.05) is 5.54 Å². The maximum atomic E-state index is 5.71. The quantitative estimate of drug-likeness (QED) is 0.786. The molecule has 1 aromatic heterocycles. The first-order valence-electron chi connectivity index (χ1n) is 5.89. The summed E-state index contributed by atoms with van der Waals surface area (Å²) in [5.41, 5.74) is 0.196. The van der Waals surface area contributed by atoms with Gasteiger partial charge >= 0.3 is 0 Å². The molecule has 0 amide bonds. The molecular weight excluding hydrogens is 218 g/mol. The molecule has 0 aromatic carbocycles. The van der Waals surface area contributed by atoms with Gasteiger partial charge in [-0.05, 0) is 38.7 Å². The van der Waals surface area contributed by atoms with Crippen molar-refractivity contribution in [3.05, 3.63) is 23.7 Å². The summed E-state index contributed by atoms with van der Waals surface area (Å²) in [6, 6.07) is 4.14. The molecule has 0 bridgehead atoms. The third kappa shape index (κ3) is 4.62. The van der Waals surface area contributed by atoms with Crippen LogP contribution in [0, 0.1) is 0 Å². The predicted molar refractivity (Wildman–Crippen MR) is 71.8 cm³/mol. The molecule has 92 valence electrons. The third-order valence-corrected chi connectivity index (χ3v) is 3.19. The molecule has 0 aliphatic heterocycles. The summed E-state index contributed by atoms with van der Waals surface area (Å²) in [5.74, 6) is 3.06. The van der Waals surface area contributed by atoms with E-state index in [0.29, 0.717) is 0 Å². The smallest absolute Gasteiger partial charge is 0.118 e. The van der Waals surface area contributed by atoms with Crippen LogP contribution in [-0.2, 0) is 12.3 Å². The van der Waals surface area contributed by atoms with Crippen molar-refractivity contribution in [1.29, 1.82) is 0 Å². The lowest BCUT2D eigenvalue weighted by atomic mass is 9.99. The van der Waals surface area contributed by atoms with Crippen LogP contribution in [0.2, 0.25) is 0 Å². The predicted octanol–water partition coefficient (Wildman–Crippen LogP) is 3.81. The molecule has 16 heavy (non-hydrogen) atoms. The Hall–Kier alpha value is -0.410. The highest BCUT2D eigenvalue weighted by Crippen LogP contribution is 2.16. The molecule has 0 aliphatic carbocycles. The van der Waals surface area contributed by atoms with Crippen LogP contribution in [-0.4, -0.2) is 11.8 Å². The number of hydrogen-bond donors (Lipinski definition) is 1. The average Bonchev–Trinajstić information content (AvgIpc) is 2.64. The Morgan fingerprint density at radius 2 is 2.00 bits per heavy atom. The fourth-order valence-corrected chi connectivity index (χ4v) is 2.22. The average molecular weight is 241 g/mol. The Bertz CT molecular complexity index is 307. The van der Waals surface area contributed by atoms with E-state index in [-0.39, 0.29) is 5.54 Å². The van der Waals surface area contributed by atoms with Crippen molar-refractivity contribution < 1.29 is 4.42 Å². The summed E-state index contributed by atoms with van der Waals surface area (Å²) in [6.45, 7) is 7.51. The minimum absolute atomic E-state index is 0.196. The fourth-order valence-electron chi connectivity index (χ4n) is 1.78. The van der Waals surface area contributed by atoms with Gasteiger partial charge in [0.2, 0.25) is 0 Å². The number of nitrogens with one attached hydrogen (secondary N) is 1. The normalized spacial score (nSPS) is 12.0. The second kappa shape index (κ2) is 6.36. The molecule has 0 saturated heterocycles. The van der Waals surface area contributed by atoms with E-state index >= 15 is 0 Å². The van der Waals surface area contributed by atoms with E-state index in [1.807, 2.05) is 0 Å². The molecule has 0 fully saturated rings. The van der Waals surface area contributed by atoms with Gasteiger partial charge in [-0.15, -0.1) is 0 Å². The van der Waals surface area contributed by atoms with Gasteiger partial charge in [-0.25, -0.2) is 0 Å². The van der Waals surface area contributed by atoms with Gasteiger partial charge < -0.3 is 9.73 Å². The first-order chi connectivity index (χ1) is 7.57. The van der Waals surface area contributed by atoms with Crippen molar-refractivity contribution in [1.82, 2.24) is 5.32 Å². The van der Waals surface area contributed by atoms with Crippen LogP contribution in [0.1, 0.15) is 45.1 Å². The van der Waals surface area contributed by atoms with Crippen LogP contribution in [0.3, 0.4) is 0 Å². The van der Waals surface area contributed by atoms with Gasteiger partial charge in [-0.2, -0.15) is 11.8 Å². The number of hydrogen-bond acceptors (Lipinski definition) is 3. The van der Waals surface area contributed by atoms with Crippen molar-refractivity contribution in [2.75, 3.05) is 6.26 Å². The highest BCUT2D eigenvalue weighted by atomic mass is 32.2. The van der Waals surface area contributed by atoms with Crippen molar-refractivity contribution >= 4 is 11.8 Å². The van der Waals surface area contributed by atoms with Crippen LogP contribution in [0.25, 0.3) is 0 Å². The van der Waals surface area contributed by atoms with Gasteiger partial charge in [0.1, 0.15) is 11.5 Å². The van der Waals surface area contributed by atoms with E-state index in [0.717, 1.165) is 23.8 Å². The Balaban J connectivity index is 2.41. The first kappa shape index (κ1) is 13.7. The van der Waals surface area contributed by atoms with E-state index in [2.05, 4.69) is 44.5 Å². The Kier molecular flexibility index (Phi) is 5.42. The minimum atomic E-state index is 0.196. The topological polar surface area (TPSA) is 25.2 Å². The Morgan fingerprint density at radius 3 is 2.62 bits per heavy atom. The molecule has 0 aliphatic rings. The Labute approximate surface area is 103 Å². The number of rotatable bonds is 7. The lowest BCUT2D eigenvalue weighted by Crippen LogP contribution is -2.38. The Morgan fingerprint density at radius 1 is 1.31 bits per heavy atom. The molecule has 3 heteroatoms. The third-order valence-electron chi connectivity index (χ3n) is 2.62. The largest absolute Gasteiger partial charge is 0.464 e. The lowest BCUT2D eigenvalue weighted by molar-refractivity contribution is 0.335. The molecule has 0 atom stereocenters. The second-order valence-corrected chi connectivity index (χ2v) is 5.65. The highest BCUT2D eigenvalue weighted by Gasteiger charge is 2.15. The van der Waals surface area contributed by atoms with Gasteiger partial charge in [0.15, 0.2) is 0 Å². The minimum Gasteiger partial charge on any atom is -0.464 e. The molecular formula is C13H23NOS. The zero-order valence-electron chi connectivity index (χ0n) is 10.8. The van der Waals surface area contributed by atoms with Crippen LogP contribution in [0.4, 0.5) is 0 Å². The number of furan rings is 1. The van der Waals surface area contributed by atoms with Crippen molar-refractivity contribution in [3.8, 4) is 0 Å².